The van der Waals surface area contributed by atoms with Crippen LogP contribution in [0.2, 0.25) is 10.0 Å². The summed E-state index contributed by atoms with van der Waals surface area (Å²) in [6.07, 6.45) is -0.520. The number of β-amino-alcohol motifs (C(OH)–C–C–N with tert-alkyl or cyclic N) is 1. The first-order chi connectivity index (χ1) is 12.1. The van der Waals surface area contributed by atoms with E-state index in [9.17, 15) is 5.11 Å². The highest BCUT2D eigenvalue weighted by molar-refractivity contribution is 6.31. The van der Waals surface area contributed by atoms with Gasteiger partial charge in [0.05, 0.1) is 0 Å². The molecular formula is C19H22Cl2N2O2. The lowest BCUT2D eigenvalue weighted by atomic mass is 10.2. The van der Waals surface area contributed by atoms with Gasteiger partial charge in [-0.2, -0.15) is 0 Å². The van der Waals surface area contributed by atoms with Crippen LogP contribution >= 0.6 is 23.2 Å². The zero-order chi connectivity index (χ0) is 17.6. The van der Waals surface area contributed by atoms with Gasteiger partial charge in [0, 0.05) is 48.5 Å². The Kier molecular flexibility index (Phi) is 6.43. The fourth-order valence-corrected chi connectivity index (χ4v) is 3.25. The first kappa shape index (κ1) is 18.3. The number of halogens is 2. The Hall–Kier alpha value is -1.46. The van der Waals surface area contributed by atoms with Crippen molar-refractivity contribution in [3.63, 3.8) is 0 Å². The van der Waals surface area contributed by atoms with E-state index >= 15 is 0 Å². The molecule has 2 aromatic rings. The number of benzene rings is 2. The predicted octanol–water partition coefficient (Wildman–Crippen LogP) is 3.56. The lowest BCUT2D eigenvalue weighted by Gasteiger charge is -2.36. The number of nitrogens with zero attached hydrogens (tertiary/aromatic N) is 2. The molecule has 1 heterocycles. The second-order valence-electron chi connectivity index (χ2n) is 6.19. The molecular weight excluding hydrogens is 359 g/mol. The minimum atomic E-state index is -0.520. The minimum absolute atomic E-state index is 0.274. The topological polar surface area (TPSA) is 35.9 Å². The van der Waals surface area contributed by atoms with Gasteiger partial charge < -0.3 is 14.7 Å². The summed E-state index contributed by atoms with van der Waals surface area (Å²) in [5.74, 6) is 0.717. The van der Waals surface area contributed by atoms with Crippen LogP contribution in [0.3, 0.4) is 0 Å². The maximum Gasteiger partial charge on any atom is 0.119 e. The van der Waals surface area contributed by atoms with Crippen molar-refractivity contribution < 1.29 is 9.84 Å². The van der Waals surface area contributed by atoms with Crippen LogP contribution in [-0.4, -0.2) is 55.4 Å². The van der Waals surface area contributed by atoms with Crippen LogP contribution < -0.4 is 9.64 Å². The van der Waals surface area contributed by atoms with E-state index in [-0.39, 0.29) is 6.61 Å². The van der Waals surface area contributed by atoms with Crippen molar-refractivity contribution in [2.24, 2.45) is 0 Å². The molecule has 0 bridgehead atoms. The molecule has 0 unspecified atom stereocenters. The zero-order valence-corrected chi connectivity index (χ0v) is 15.5. The molecule has 1 atom stereocenters. The van der Waals surface area contributed by atoms with Gasteiger partial charge in [0.1, 0.15) is 18.5 Å². The van der Waals surface area contributed by atoms with Crippen molar-refractivity contribution in [3.05, 3.63) is 58.6 Å². The van der Waals surface area contributed by atoms with E-state index in [0.717, 1.165) is 36.9 Å². The maximum absolute atomic E-state index is 10.2. The van der Waals surface area contributed by atoms with Crippen LogP contribution in [0.1, 0.15) is 0 Å². The molecule has 0 radical (unpaired) electrons. The summed E-state index contributed by atoms with van der Waals surface area (Å²) in [6, 6.07) is 15.1. The van der Waals surface area contributed by atoms with Gasteiger partial charge in [0.15, 0.2) is 0 Å². The van der Waals surface area contributed by atoms with Gasteiger partial charge in [0.2, 0.25) is 0 Å². The number of hydrogen-bond acceptors (Lipinski definition) is 4. The molecule has 1 saturated heterocycles. The lowest BCUT2D eigenvalue weighted by Crippen LogP contribution is -2.49. The SMILES string of the molecule is O[C@H](COc1ccc(Cl)cc1)CN1CCN(c2cccc(Cl)c2)CC1. The van der Waals surface area contributed by atoms with Gasteiger partial charge in [-0.25, -0.2) is 0 Å². The Labute approximate surface area is 158 Å². The van der Waals surface area contributed by atoms with Gasteiger partial charge in [0.25, 0.3) is 0 Å². The van der Waals surface area contributed by atoms with Gasteiger partial charge in [-0.1, -0.05) is 29.3 Å². The fraction of sp³-hybridized carbons (Fsp3) is 0.368. The number of aliphatic hydroxyl groups is 1. The number of ether oxygens (including phenoxy) is 1. The Balaban J connectivity index is 1.41. The summed E-state index contributed by atoms with van der Waals surface area (Å²) in [5, 5.41) is 11.6. The van der Waals surface area contributed by atoms with Crippen molar-refractivity contribution in [1.29, 1.82) is 0 Å². The van der Waals surface area contributed by atoms with Crippen LogP contribution in [0, 0.1) is 0 Å². The van der Waals surface area contributed by atoms with Crippen molar-refractivity contribution in [1.82, 2.24) is 4.90 Å². The zero-order valence-electron chi connectivity index (χ0n) is 13.9. The molecule has 4 nitrogen and oxygen atoms in total. The average molecular weight is 381 g/mol. The summed E-state index contributed by atoms with van der Waals surface area (Å²) in [6.45, 7) is 4.54. The Morgan fingerprint density at radius 1 is 0.960 bits per heavy atom. The highest BCUT2D eigenvalue weighted by Crippen LogP contribution is 2.21. The molecule has 6 heteroatoms. The molecule has 0 aliphatic carbocycles. The summed E-state index contributed by atoms with van der Waals surface area (Å²) in [4.78, 5) is 4.58. The number of piperazine rings is 1. The van der Waals surface area contributed by atoms with E-state index < -0.39 is 6.10 Å². The minimum Gasteiger partial charge on any atom is -0.491 e. The van der Waals surface area contributed by atoms with Gasteiger partial charge >= 0.3 is 0 Å². The first-order valence-corrected chi connectivity index (χ1v) is 9.15. The van der Waals surface area contributed by atoms with Crippen LogP contribution in [0.15, 0.2) is 48.5 Å². The molecule has 0 saturated carbocycles. The largest absolute Gasteiger partial charge is 0.491 e. The van der Waals surface area contributed by atoms with Crippen molar-refractivity contribution in [2.45, 2.75) is 6.10 Å². The van der Waals surface area contributed by atoms with Crippen molar-refractivity contribution in [2.75, 3.05) is 44.2 Å². The van der Waals surface area contributed by atoms with E-state index in [1.165, 1.54) is 0 Å². The number of aliphatic hydroxyl groups excluding tert-OH is 1. The van der Waals surface area contributed by atoms with Crippen LogP contribution in [0.25, 0.3) is 0 Å². The van der Waals surface area contributed by atoms with E-state index in [1.807, 2.05) is 18.2 Å². The molecule has 0 aromatic heterocycles. The molecule has 134 valence electrons. The van der Waals surface area contributed by atoms with E-state index in [1.54, 1.807) is 24.3 Å². The first-order valence-electron chi connectivity index (χ1n) is 8.39. The fourth-order valence-electron chi connectivity index (χ4n) is 2.94. The molecule has 2 aromatic carbocycles. The second kappa shape index (κ2) is 8.77. The van der Waals surface area contributed by atoms with Crippen molar-refractivity contribution in [3.8, 4) is 5.75 Å². The normalized spacial score (nSPS) is 16.7. The Morgan fingerprint density at radius 3 is 2.36 bits per heavy atom. The number of hydrogen-bond donors (Lipinski definition) is 1. The smallest absolute Gasteiger partial charge is 0.119 e. The number of rotatable bonds is 6. The van der Waals surface area contributed by atoms with Crippen LogP contribution in [0.5, 0.6) is 5.75 Å². The monoisotopic (exact) mass is 380 g/mol. The molecule has 1 N–H and O–H groups in total. The Morgan fingerprint density at radius 2 is 1.68 bits per heavy atom. The Bertz CT molecular complexity index is 673. The maximum atomic E-state index is 10.2. The van der Waals surface area contributed by atoms with Gasteiger partial charge in [-0.15, -0.1) is 0 Å². The molecule has 3 rings (SSSR count). The molecule has 25 heavy (non-hydrogen) atoms. The van der Waals surface area contributed by atoms with Crippen molar-refractivity contribution >= 4 is 28.9 Å². The third-order valence-corrected chi connectivity index (χ3v) is 4.76. The van der Waals surface area contributed by atoms with E-state index in [2.05, 4.69) is 15.9 Å². The quantitative estimate of drug-likeness (QED) is 0.830. The van der Waals surface area contributed by atoms with Crippen LogP contribution in [-0.2, 0) is 0 Å². The summed E-state index contributed by atoms with van der Waals surface area (Å²) in [7, 11) is 0. The van der Waals surface area contributed by atoms with Gasteiger partial charge in [-0.3, -0.25) is 4.90 Å². The van der Waals surface area contributed by atoms with E-state index in [0.29, 0.717) is 17.3 Å². The summed E-state index contributed by atoms with van der Waals surface area (Å²) in [5.41, 5.74) is 1.15. The third kappa shape index (κ3) is 5.51. The third-order valence-electron chi connectivity index (χ3n) is 4.27. The number of anilines is 1. The summed E-state index contributed by atoms with van der Waals surface area (Å²) < 4.78 is 5.61. The highest BCUT2D eigenvalue weighted by Gasteiger charge is 2.20. The standard InChI is InChI=1S/C19H22Cl2N2O2/c20-15-4-6-19(7-5-15)25-14-18(24)13-22-8-10-23(11-9-22)17-3-1-2-16(21)12-17/h1-7,12,18,24H,8-11,13-14H2/t18-/m0/s1. The second-order valence-corrected chi connectivity index (χ2v) is 7.06. The average Bonchev–Trinajstić information content (AvgIpc) is 2.62. The summed E-state index contributed by atoms with van der Waals surface area (Å²) >= 11 is 11.9. The highest BCUT2D eigenvalue weighted by atomic mass is 35.5. The molecule has 1 fully saturated rings. The van der Waals surface area contributed by atoms with E-state index in [4.69, 9.17) is 27.9 Å². The molecule has 1 aliphatic heterocycles. The molecule has 0 spiro atoms. The molecule has 0 amide bonds. The van der Waals surface area contributed by atoms with Gasteiger partial charge in [-0.05, 0) is 42.5 Å². The lowest BCUT2D eigenvalue weighted by molar-refractivity contribution is 0.0663. The molecule has 1 aliphatic rings. The van der Waals surface area contributed by atoms with Crippen LogP contribution in [0.4, 0.5) is 5.69 Å². The predicted molar refractivity (Wildman–Crippen MR) is 103 cm³/mol.